The Hall–Kier alpha value is -2.21. The lowest BCUT2D eigenvalue weighted by atomic mass is 10.1. The lowest BCUT2D eigenvalue weighted by Gasteiger charge is -2.32. The number of ether oxygens (including phenoxy) is 1. The van der Waals surface area contributed by atoms with Gasteiger partial charge < -0.3 is 9.64 Å². The molecule has 3 rings (SSSR count). The minimum Gasteiger partial charge on any atom is -0.372 e. The molecule has 23 heavy (non-hydrogen) atoms. The maximum Gasteiger partial charge on any atom is 0.274 e. The van der Waals surface area contributed by atoms with Crippen molar-refractivity contribution in [3.8, 4) is 0 Å². The molecular weight excluding hydrogens is 297 g/mol. The fraction of sp³-hybridized carbons (Fsp3) is 0.412. The van der Waals surface area contributed by atoms with Crippen LogP contribution in [0.5, 0.6) is 0 Å². The Kier molecular flexibility index (Phi) is 4.71. The number of nitrogens with one attached hydrogen (secondary N) is 1. The SMILES string of the molecule is Cc1cc(C(=O)N2CCC[C@H](OCc3ccccc3F)C2)n[nH]1. The van der Waals surface area contributed by atoms with Crippen LogP contribution in [-0.4, -0.2) is 40.2 Å². The molecular formula is C17H20FN3O2. The number of rotatable bonds is 4. The largest absolute Gasteiger partial charge is 0.372 e. The van der Waals surface area contributed by atoms with Crippen molar-refractivity contribution in [2.75, 3.05) is 13.1 Å². The highest BCUT2D eigenvalue weighted by Gasteiger charge is 2.26. The number of aromatic amines is 1. The molecule has 0 spiro atoms. The van der Waals surface area contributed by atoms with E-state index in [1.807, 2.05) is 6.92 Å². The maximum absolute atomic E-state index is 13.6. The molecule has 0 aliphatic carbocycles. The summed E-state index contributed by atoms with van der Waals surface area (Å²) in [6.07, 6.45) is 1.67. The third-order valence-electron chi connectivity index (χ3n) is 4.02. The fourth-order valence-electron chi connectivity index (χ4n) is 2.77. The Balaban J connectivity index is 1.58. The van der Waals surface area contributed by atoms with Gasteiger partial charge in [-0.05, 0) is 31.9 Å². The highest BCUT2D eigenvalue weighted by molar-refractivity contribution is 5.92. The lowest BCUT2D eigenvalue weighted by molar-refractivity contribution is -0.00777. The molecule has 1 aliphatic heterocycles. The van der Waals surface area contributed by atoms with Crippen LogP contribution in [0.4, 0.5) is 4.39 Å². The van der Waals surface area contributed by atoms with Crippen LogP contribution in [0.15, 0.2) is 30.3 Å². The van der Waals surface area contributed by atoms with Gasteiger partial charge in [0.15, 0.2) is 0 Å². The van der Waals surface area contributed by atoms with Crippen molar-refractivity contribution in [3.05, 3.63) is 53.1 Å². The molecule has 5 nitrogen and oxygen atoms in total. The fourth-order valence-corrected chi connectivity index (χ4v) is 2.77. The van der Waals surface area contributed by atoms with Crippen LogP contribution >= 0.6 is 0 Å². The van der Waals surface area contributed by atoms with Gasteiger partial charge in [0.05, 0.1) is 12.7 Å². The summed E-state index contributed by atoms with van der Waals surface area (Å²) in [5.74, 6) is -0.350. The van der Waals surface area contributed by atoms with Crippen molar-refractivity contribution in [3.63, 3.8) is 0 Å². The lowest BCUT2D eigenvalue weighted by Crippen LogP contribution is -2.43. The van der Waals surface area contributed by atoms with Crippen molar-refractivity contribution in [2.45, 2.75) is 32.5 Å². The zero-order valence-corrected chi connectivity index (χ0v) is 13.1. The summed E-state index contributed by atoms with van der Waals surface area (Å²) >= 11 is 0. The van der Waals surface area contributed by atoms with E-state index in [2.05, 4.69) is 10.2 Å². The van der Waals surface area contributed by atoms with Crippen LogP contribution in [0.1, 0.15) is 34.6 Å². The first kappa shape index (κ1) is 15.7. The van der Waals surface area contributed by atoms with Crippen molar-refractivity contribution in [1.29, 1.82) is 0 Å². The molecule has 2 heterocycles. The number of carbonyl (C=O) groups excluding carboxylic acids is 1. The molecule has 6 heteroatoms. The van der Waals surface area contributed by atoms with E-state index in [0.29, 0.717) is 24.3 Å². The molecule has 1 amide bonds. The average molecular weight is 317 g/mol. The number of amides is 1. The van der Waals surface area contributed by atoms with Crippen LogP contribution in [0, 0.1) is 12.7 Å². The van der Waals surface area contributed by atoms with Gasteiger partial charge in [-0.2, -0.15) is 5.10 Å². The Labute approximate surface area is 134 Å². The van der Waals surface area contributed by atoms with E-state index in [-0.39, 0.29) is 24.4 Å². The van der Waals surface area contributed by atoms with Crippen LogP contribution in [-0.2, 0) is 11.3 Å². The van der Waals surface area contributed by atoms with E-state index in [4.69, 9.17) is 4.74 Å². The van der Waals surface area contributed by atoms with E-state index in [1.165, 1.54) is 6.07 Å². The monoisotopic (exact) mass is 317 g/mol. The maximum atomic E-state index is 13.6. The zero-order valence-electron chi connectivity index (χ0n) is 13.1. The Morgan fingerprint density at radius 2 is 2.30 bits per heavy atom. The van der Waals surface area contributed by atoms with E-state index >= 15 is 0 Å². The molecule has 0 bridgehead atoms. The Morgan fingerprint density at radius 3 is 3.04 bits per heavy atom. The Bertz CT molecular complexity index is 686. The third kappa shape index (κ3) is 3.76. The summed E-state index contributed by atoms with van der Waals surface area (Å²) in [4.78, 5) is 14.2. The number of nitrogens with zero attached hydrogens (tertiary/aromatic N) is 2. The highest BCUT2D eigenvalue weighted by atomic mass is 19.1. The summed E-state index contributed by atoms with van der Waals surface area (Å²) < 4.78 is 19.4. The van der Waals surface area contributed by atoms with E-state index < -0.39 is 0 Å². The molecule has 1 fully saturated rings. The molecule has 1 N–H and O–H groups in total. The quantitative estimate of drug-likeness (QED) is 0.943. The van der Waals surface area contributed by atoms with E-state index in [0.717, 1.165) is 18.5 Å². The second-order valence-corrected chi connectivity index (χ2v) is 5.85. The number of benzene rings is 1. The first-order valence-corrected chi connectivity index (χ1v) is 7.80. The number of aromatic nitrogens is 2. The van der Waals surface area contributed by atoms with Crippen molar-refractivity contribution in [1.82, 2.24) is 15.1 Å². The van der Waals surface area contributed by atoms with Crippen LogP contribution < -0.4 is 0 Å². The highest BCUT2D eigenvalue weighted by Crippen LogP contribution is 2.18. The summed E-state index contributed by atoms with van der Waals surface area (Å²) in [5, 5.41) is 6.80. The molecule has 0 saturated carbocycles. The van der Waals surface area contributed by atoms with Crippen molar-refractivity contribution < 1.29 is 13.9 Å². The number of halogens is 1. The summed E-state index contributed by atoms with van der Waals surface area (Å²) in [6.45, 7) is 3.30. The summed E-state index contributed by atoms with van der Waals surface area (Å²) in [6, 6.07) is 8.33. The van der Waals surface area contributed by atoms with Crippen LogP contribution in [0.25, 0.3) is 0 Å². The minimum absolute atomic E-state index is 0.0765. The topological polar surface area (TPSA) is 58.2 Å². The number of H-pyrrole nitrogens is 1. The number of piperidine rings is 1. The van der Waals surface area contributed by atoms with E-state index in [1.54, 1.807) is 29.2 Å². The van der Waals surface area contributed by atoms with Crippen LogP contribution in [0.3, 0.4) is 0 Å². The van der Waals surface area contributed by atoms with Gasteiger partial charge in [-0.3, -0.25) is 9.89 Å². The summed E-state index contributed by atoms with van der Waals surface area (Å²) in [5.41, 5.74) is 1.83. The molecule has 1 aromatic heterocycles. The average Bonchev–Trinajstić information content (AvgIpc) is 3.00. The number of hydrogen-bond donors (Lipinski definition) is 1. The van der Waals surface area contributed by atoms with Gasteiger partial charge in [-0.1, -0.05) is 18.2 Å². The minimum atomic E-state index is -0.261. The molecule has 1 aliphatic rings. The van der Waals surface area contributed by atoms with Gasteiger partial charge in [-0.15, -0.1) is 0 Å². The molecule has 1 atom stereocenters. The van der Waals surface area contributed by atoms with Gasteiger partial charge in [0.25, 0.3) is 5.91 Å². The van der Waals surface area contributed by atoms with Crippen molar-refractivity contribution in [2.24, 2.45) is 0 Å². The van der Waals surface area contributed by atoms with Gasteiger partial charge in [-0.25, -0.2) is 4.39 Å². The second kappa shape index (κ2) is 6.91. The first-order valence-electron chi connectivity index (χ1n) is 7.80. The van der Waals surface area contributed by atoms with Gasteiger partial charge >= 0.3 is 0 Å². The molecule has 2 aromatic rings. The number of hydrogen-bond acceptors (Lipinski definition) is 3. The molecule has 0 radical (unpaired) electrons. The van der Waals surface area contributed by atoms with Gasteiger partial charge in [0.1, 0.15) is 11.5 Å². The molecule has 1 aromatic carbocycles. The number of carbonyl (C=O) groups is 1. The molecule has 1 saturated heterocycles. The smallest absolute Gasteiger partial charge is 0.274 e. The molecule has 122 valence electrons. The second-order valence-electron chi connectivity index (χ2n) is 5.85. The Morgan fingerprint density at radius 1 is 1.48 bits per heavy atom. The zero-order chi connectivity index (χ0) is 16.2. The number of likely N-dealkylation sites (tertiary alicyclic amines) is 1. The van der Waals surface area contributed by atoms with Gasteiger partial charge in [0.2, 0.25) is 0 Å². The first-order chi connectivity index (χ1) is 11.1. The molecule has 0 unspecified atom stereocenters. The standard InChI is InChI=1S/C17H20FN3O2/c1-12-9-16(20-19-12)17(22)21-8-4-6-14(10-21)23-11-13-5-2-3-7-15(13)18/h2-3,5,7,9,14H,4,6,8,10-11H2,1H3,(H,19,20)/t14-/m0/s1. The normalized spacial score (nSPS) is 18.2. The predicted octanol–water partition coefficient (Wildman–Crippen LogP) is 2.68. The summed E-state index contributed by atoms with van der Waals surface area (Å²) in [7, 11) is 0. The number of aryl methyl sites for hydroxylation is 1. The van der Waals surface area contributed by atoms with E-state index in [9.17, 15) is 9.18 Å². The van der Waals surface area contributed by atoms with Crippen LogP contribution in [0.2, 0.25) is 0 Å². The van der Waals surface area contributed by atoms with Crippen molar-refractivity contribution >= 4 is 5.91 Å². The third-order valence-corrected chi connectivity index (χ3v) is 4.02. The predicted molar refractivity (Wildman–Crippen MR) is 83.4 cm³/mol. The van der Waals surface area contributed by atoms with Gasteiger partial charge in [0, 0.05) is 24.3 Å².